The minimum absolute atomic E-state index is 0.231. The van der Waals surface area contributed by atoms with Crippen LogP contribution in [0.1, 0.15) is 32.1 Å². The highest BCUT2D eigenvalue weighted by atomic mass is 16.1. The minimum Gasteiger partial charge on any atom is -0.370 e. The normalized spacial score (nSPS) is 19.9. The average Bonchev–Trinajstić information content (AvgIpc) is 2.47. The van der Waals surface area contributed by atoms with Crippen LogP contribution in [0.25, 0.3) is 10.9 Å². The number of para-hydroxylation sites is 1. The number of nitrogens with one attached hydrogen (secondary N) is 1. The maximum absolute atomic E-state index is 12.2. The summed E-state index contributed by atoms with van der Waals surface area (Å²) in [5, 5.41) is 3.57. The van der Waals surface area contributed by atoms with Gasteiger partial charge in [0.25, 0.3) is 5.56 Å². The zero-order valence-electron chi connectivity index (χ0n) is 11.7. The first-order valence-electron chi connectivity index (χ1n) is 7.34. The van der Waals surface area contributed by atoms with Crippen LogP contribution in [0.2, 0.25) is 0 Å². The fraction of sp³-hybridized carbons (Fsp3) is 0.400. The predicted molar refractivity (Wildman–Crippen MR) is 82.3 cm³/mol. The molecule has 0 saturated heterocycles. The van der Waals surface area contributed by atoms with E-state index in [0.29, 0.717) is 17.3 Å². The fourth-order valence-electron chi connectivity index (χ4n) is 3.55. The number of nitrogens with zero attached hydrogens (tertiary/aromatic N) is 3. The van der Waals surface area contributed by atoms with Crippen LogP contribution in [0.15, 0.2) is 34.1 Å². The first kappa shape index (κ1) is 12.4. The lowest BCUT2D eigenvalue weighted by atomic mass is 9.88. The molecule has 2 heterocycles. The number of rotatable bonds is 0. The monoisotopic (exact) mass is 283 g/mol. The van der Waals surface area contributed by atoms with E-state index in [2.05, 4.69) is 14.9 Å². The van der Waals surface area contributed by atoms with E-state index in [-0.39, 0.29) is 5.56 Å². The number of aliphatic imine (C=N–C) groups is 1. The highest BCUT2D eigenvalue weighted by Crippen LogP contribution is 2.41. The maximum atomic E-state index is 12.2. The topological polar surface area (TPSA) is 85.3 Å². The van der Waals surface area contributed by atoms with Crippen LogP contribution >= 0.6 is 0 Å². The van der Waals surface area contributed by atoms with E-state index in [0.717, 1.165) is 31.2 Å². The van der Waals surface area contributed by atoms with Gasteiger partial charge in [-0.3, -0.25) is 14.7 Å². The van der Waals surface area contributed by atoms with Crippen LogP contribution in [-0.4, -0.2) is 15.5 Å². The summed E-state index contributed by atoms with van der Waals surface area (Å²) in [6.07, 6.45) is 5.28. The van der Waals surface area contributed by atoms with Gasteiger partial charge in [0.05, 0.1) is 10.9 Å². The molecule has 1 aromatic heterocycles. The van der Waals surface area contributed by atoms with Gasteiger partial charge < -0.3 is 5.73 Å². The third-order valence-corrected chi connectivity index (χ3v) is 4.43. The lowest BCUT2D eigenvalue weighted by molar-refractivity contribution is 0.209. The third-order valence-electron chi connectivity index (χ3n) is 4.43. The van der Waals surface area contributed by atoms with Gasteiger partial charge in [0.1, 0.15) is 5.66 Å². The largest absolute Gasteiger partial charge is 0.370 e. The summed E-state index contributed by atoms with van der Waals surface area (Å²) in [6, 6.07) is 7.57. The molecule has 1 aliphatic carbocycles. The van der Waals surface area contributed by atoms with Crippen molar-refractivity contribution >= 4 is 22.8 Å². The average molecular weight is 283 g/mol. The van der Waals surface area contributed by atoms with Gasteiger partial charge in [-0.2, -0.15) is 4.98 Å². The molecule has 1 spiro atoms. The zero-order chi connectivity index (χ0) is 14.4. The number of benzene rings is 1. The van der Waals surface area contributed by atoms with Gasteiger partial charge in [-0.1, -0.05) is 18.6 Å². The lowest BCUT2D eigenvalue weighted by Crippen LogP contribution is -2.45. The van der Waals surface area contributed by atoms with E-state index >= 15 is 0 Å². The molecule has 2 aliphatic rings. The van der Waals surface area contributed by atoms with Crippen molar-refractivity contribution in [1.82, 2.24) is 9.55 Å². The van der Waals surface area contributed by atoms with Gasteiger partial charge in [0, 0.05) is 0 Å². The molecule has 0 bridgehead atoms. The molecule has 3 N–H and O–H groups in total. The molecule has 0 amide bonds. The Morgan fingerprint density at radius 1 is 1.19 bits per heavy atom. The summed E-state index contributed by atoms with van der Waals surface area (Å²) >= 11 is 0. The molecular formula is C15H17N5O. The fourth-order valence-corrected chi connectivity index (χ4v) is 3.55. The van der Waals surface area contributed by atoms with E-state index in [9.17, 15) is 4.79 Å². The molecule has 1 aromatic carbocycles. The minimum atomic E-state index is -0.400. The molecule has 1 fully saturated rings. The number of nitrogens with two attached hydrogens (primary N) is 1. The summed E-state index contributed by atoms with van der Waals surface area (Å²) in [6.45, 7) is 0. The van der Waals surface area contributed by atoms with Gasteiger partial charge in [-0.05, 0) is 37.8 Å². The van der Waals surface area contributed by atoms with Gasteiger partial charge in [0.2, 0.25) is 5.95 Å². The number of anilines is 1. The van der Waals surface area contributed by atoms with Crippen molar-refractivity contribution in [1.29, 1.82) is 0 Å². The van der Waals surface area contributed by atoms with Crippen LogP contribution in [0, 0.1) is 0 Å². The Hall–Kier alpha value is -2.37. The van der Waals surface area contributed by atoms with Crippen molar-refractivity contribution < 1.29 is 0 Å². The lowest BCUT2D eigenvalue weighted by Gasteiger charge is -2.40. The second-order valence-corrected chi connectivity index (χ2v) is 5.76. The molecule has 21 heavy (non-hydrogen) atoms. The number of fused-ring (bicyclic) bond motifs is 4. The molecule has 6 heteroatoms. The number of hydrogen-bond donors (Lipinski definition) is 2. The molecule has 0 radical (unpaired) electrons. The highest BCUT2D eigenvalue weighted by molar-refractivity contribution is 5.93. The first-order valence-corrected chi connectivity index (χ1v) is 7.34. The Balaban J connectivity index is 2.08. The van der Waals surface area contributed by atoms with Crippen molar-refractivity contribution in [3.63, 3.8) is 0 Å². The number of guanidine groups is 1. The third kappa shape index (κ3) is 1.75. The number of aromatic nitrogens is 2. The van der Waals surface area contributed by atoms with Gasteiger partial charge in [-0.15, -0.1) is 0 Å². The summed E-state index contributed by atoms with van der Waals surface area (Å²) < 4.78 is 2.07. The summed E-state index contributed by atoms with van der Waals surface area (Å²) in [5.41, 5.74) is 6.17. The molecule has 1 saturated carbocycles. The predicted octanol–water partition coefficient (Wildman–Crippen LogP) is 1.75. The van der Waals surface area contributed by atoms with Crippen LogP contribution in [0.4, 0.5) is 5.95 Å². The van der Waals surface area contributed by atoms with Gasteiger partial charge >= 0.3 is 0 Å². The van der Waals surface area contributed by atoms with Crippen LogP contribution in [0.3, 0.4) is 0 Å². The SMILES string of the molecule is NC1=NC2(CCCCC2)n2c(nc(=O)c3ccccc32)N1. The van der Waals surface area contributed by atoms with E-state index in [1.807, 2.05) is 24.3 Å². The summed E-state index contributed by atoms with van der Waals surface area (Å²) in [7, 11) is 0. The van der Waals surface area contributed by atoms with E-state index in [1.165, 1.54) is 6.42 Å². The Bertz CT molecular complexity index is 801. The molecule has 2 aromatic rings. The quantitative estimate of drug-likeness (QED) is 0.771. The van der Waals surface area contributed by atoms with Crippen molar-refractivity contribution in [2.24, 2.45) is 10.7 Å². The highest BCUT2D eigenvalue weighted by Gasteiger charge is 2.39. The van der Waals surface area contributed by atoms with Crippen LogP contribution in [0.5, 0.6) is 0 Å². The van der Waals surface area contributed by atoms with Crippen molar-refractivity contribution in [3.05, 3.63) is 34.6 Å². The second kappa shape index (κ2) is 4.31. The standard InChI is InChI=1S/C15H17N5O/c16-13-18-14-17-12(21)10-6-2-3-7-11(10)20(14)15(19-13)8-4-1-5-9-15/h2-3,6-7H,1,4-5,8-9H2,(H3,16,17,18,19,21). The van der Waals surface area contributed by atoms with E-state index < -0.39 is 5.66 Å². The Labute approximate surface area is 121 Å². The maximum Gasteiger partial charge on any atom is 0.282 e. The molecular weight excluding hydrogens is 266 g/mol. The molecule has 1 aliphatic heterocycles. The smallest absolute Gasteiger partial charge is 0.282 e. The summed E-state index contributed by atoms with van der Waals surface area (Å²) in [5.74, 6) is 0.854. The number of hydrogen-bond acceptors (Lipinski definition) is 5. The van der Waals surface area contributed by atoms with E-state index in [1.54, 1.807) is 0 Å². The molecule has 0 unspecified atom stereocenters. The van der Waals surface area contributed by atoms with Crippen molar-refractivity contribution in [3.8, 4) is 0 Å². The summed E-state index contributed by atoms with van der Waals surface area (Å²) in [4.78, 5) is 21.1. The van der Waals surface area contributed by atoms with Gasteiger partial charge in [0.15, 0.2) is 5.96 Å². The van der Waals surface area contributed by atoms with Crippen LogP contribution in [-0.2, 0) is 5.66 Å². The van der Waals surface area contributed by atoms with Crippen molar-refractivity contribution in [2.75, 3.05) is 5.32 Å². The Morgan fingerprint density at radius 2 is 1.95 bits per heavy atom. The second-order valence-electron chi connectivity index (χ2n) is 5.76. The van der Waals surface area contributed by atoms with E-state index in [4.69, 9.17) is 10.7 Å². The molecule has 4 rings (SSSR count). The van der Waals surface area contributed by atoms with Crippen LogP contribution < -0.4 is 16.6 Å². The Kier molecular flexibility index (Phi) is 2.54. The molecule has 108 valence electrons. The van der Waals surface area contributed by atoms with Gasteiger partial charge in [-0.25, -0.2) is 4.99 Å². The molecule has 6 nitrogen and oxygen atoms in total. The zero-order valence-corrected chi connectivity index (χ0v) is 11.7. The first-order chi connectivity index (χ1) is 10.2. The van der Waals surface area contributed by atoms with Crippen molar-refractivity contribution in [2.45, 2.75) is 37.8 Å². The Morgan fingerprint density at radius 3 is 2.76 bits per heavy atom. The molecule has 0 atom stereocenters.